The van der Waals surface area contributed by atoms with Crippen LogP contribution in [0.4, 0.5) is 4.79 Å². The molecule has 1 aromatic heterocycles. The number of nitrogens with zero attached hydrogens (tertiary/aromatic N) is 2. The summed E-state index contributed by atoms with van der Waals surface area (Å²) < 4.78 is 11.0. The number of hydrogen-bond donors (Lipinski definition) is 1. The van der Waals surface area contributed by atoms with Crippen LogP contribution in [0.2, 0.25) is 0 Å². The summed E-state index contributed by atoms with van der Waals surface area (Å²) in [5, 5.41) is 7.76. The number of carbonyl (C=O) groups excluding carboxylic acids is 1. The summed E-state index contributed by atoms with van der Waals surface area (Å²) in [5.74, 6) is 1.54. The lowest BCUT2D eigenvalue weighted by Gasteiger charge is -2.34. The first kappa shape index (κ1) is 18.2. The van der Waals surface area contributed by atoms with Gasteiger partial charge in [0.1, 0.15) is 17.1 Å². The maximum Gasteiger partial charge on any atom is 0.410 e. The van der Waals surface area contributed by atoms with Gasteiger partial charge in [0.15, 0.2) is 0 Å². The molecule has 1 saturated heterocycles. The van der Waals surface area contributed by atoms with Crippen LogP contribution in [0, 0.1) is 5.92 Å². The summed E-state index contributed by atoms with van der Waals surface area (Å²) >= 11 is 0. The van der Waals surface area contributed by atoms with Gasteiger partial charge in [-0.1, -0.05) is 5.16 Å². The van der Waals surface area contributed by atoms with E-state index in [0.717, 1.165) is 63.3 Å². The van der Waals surface area contributed by atoms with E-state index in [-0.39, 0.29) is 6.09 Å². The molecule has 0 radical (unpaired) electrons. The van der Waals surface area contributed by atoms with Crippen molar-refractivity contribution in [2.24, 2.45) is 5.92 Å². The minimum atomic E-state index is -0.436. The summed E-state index contributed by atoms with van der Waals surface area (Å²) in [7, 11) is 0. The summed E-state index contributed by atoms with van der Waals surface area (Å²) in [5.41, 5.74) is 1.95. The van der Waals surface area contributed by atoms with Gasteiger partial charge in [-0.3, -0.25) is 0 Å². The number of carbonyl (C=O) groups is 1. The van der Waals surface area contributed by atoms with Crippen molar-refractivity contribution in [1.82, 2.24) is 15.4 Å². The molecule has 1 aliphatic heterocycles. The fraction of sp³-hybridized carbons (Fsp3) is 0.789. The third-order valence-corrected chi connectivity index (χ3v) is 4.93. The molecule has 0 saturated carbocycles. The molecular formula is C19H31N3O3. The Hall–Kier alpha value is -1.56. The van der Waals surface area contributed by atoms with E-state index in [1.165, 1.54) is 18.4 Å². The van der Waals surface area contributed by atoms with Crippen molar-refractivity contribution in [2.75, 3.05) is 19.6 Å². The van der Waals surface area contributed by atoms with Gasteiger partial charge < -0.3 is 19.5 Å². The molecule has 3 rings (SSSR count). The van der Waals surface area contributed by atoms with Crippen LogP contribution in [0.1, 0.15) is 63.5 Å². The Kier molecular flexibility index (Phi) is 5.67. The van der Waals surface area contributed by atoms with Crippen LogP contribution in [0.3, 0.4) is 0 Å². The zero-order valence-corrected chi connectivity index (χ0v) is 15.8. The monoisotopic (exact) mass is 349 g/mol. The Labute approximate surface area is 150 Å². The minimum absolute atomic E-state index is 0.192. The highest BCUT2D eigenvalue weighted by molar-refractivity contribution is 5.68. The van der Waals surface area contributed by atoms with Crippen LogP contribution in [0.25, 0.3) is 0 Å². The number of rotatable bonds is 4. The van der Waals surface area contributed by atoms with Crippen molar-refractivity contribution in [3.63, 3.8) is 0 Å². The second kappa shape index (κ2) is 7.77. The van der Waals surface area contributed by atoms with Crippen molar-refractivity contribution < 1.29 is 14.1 Å². The Morgan fingerprint density at radius 3 is 2.92 bits per heavy atom. The van der Waals surface area contributed by atoms with Crippen molar-refractivity contribution in [3.05, 3.63) is 17.0 Å². The lowest BCUT2D eigenvalue weighted by atomic mass is 9.96. The number of nitrogens with one attached hydrogen (secondary N) is 1. The topological polar surface area (TPSA) is 67.6 Å². The van der Waals surface area contributed by atoms with Crippen molar-refractivity contribution >= 4 is 6.09 Å². The molecule has 0 spiro atoms. The molecule has 1 fully saturated rings. The number of aromatic nitrogens is 1. The van der Waals surface area contributed by atoms with Crippen LogP contribution in [-0.4, -0.2) is 41.4 Å². The Morgan fingerprint density at radius 2 is 2.12 bits per heavy atom. The molecule has 1 aliphatic carbocycles. The van der Waals surface area contributed by atoms with Crippen molar-refractivity contribution in [1.29, 1.82) is 0 Å². The average molecular weight is 349 g/mol. The maximum absolute atomic E-state index is 12.2. The number of aryl methyl sites for hydroxylation is 1. The van der Waals surface area contributed by atoms with Crippen molar-refractivity contribution in [3.8, 4) is 0 Å². The molecule has 1 N–H and O–H groups in total. The molecule has 0 bridgehead atoms. The molecular weight excluding hydrogens is 318 g/mol. The van der Waals surface area contributed by atoms with Gasteiger partial charge in [0.25, 0.3) is 0 Å². The zero-order chi connectivity index (χ0) is 17.9. The van der Waals surface area contributed by atoms with Crippen molar-refractivity contribution in [2.45, 2.75) is 71.4 Å². The summed E-state index contributed by atoms with van der Waals surface area (Å²) in [6.45, 7) is 8.93. The first-order valence-electron chi connectivity index (χ1n) is 9.57. The Morgan fingerprint density at radius 1 is 1.32 bits per heavy atom. The van der Waals surface area contributed by atoms with Crippen LogP contribution >= 0.6 is 0 Å². The van der Waals surface area contributed by atoms with E-state index < -0.39 is 5.60 Å². The van der Waals surface area contributed by atoms with Gasteiger partial charge in [-0.2, -0.15) is 0 Å². The van der Waals surface area contributed by atoms with Gasteiger partial charge in [-0.25, -0.2) is 4.79 Å². The third-order valence-electron chi connectivity index (χ3n) is 4.93. The highest BCUT2D eigenvalue weighted by Gasteiger charge is 2.27. The highest BCUT2D eigenvalue weighted by Crippen LogP contribution is 2.24. The van der Waals surface area contributed by atoms with Gasteiger partial charge in [-0.15, -0.1) is 0 Å². The molecule has 1 aromatic rings. The third kappa shape index (κ3) is 4.97. The van der Waals surface area contributed by atoms with Gasteiger partial charge in [0.05, 0.1) is 0 Å². The van der Waals surface area contributed by atoms with E-state index in [9.17, 15) is 4.79 Å². The van der Waals surface area contributed by atoms with Crippen LogP contribution < -0.4 is 5.32 Å². The number of amides is 1. The lowest BCUT2D eigenvalue weighted by Crippen LogP contribution is -2.45. The molecule has 1 atom stereocenters. The number of hydrogen-bond acceptors (Lipinski definition) is 5. The van der Waals surface area contributed by atoms with Gasteiger partial charge in [-0.05, 0) is 58.8 Å². The van der Waals surface area contributed by atoms with Crippen LogP contribution in [0.5, 0.6) is 0 Å². The first-order valence-corrected chi connectivity index (χ1v) is 9.57. The fourth-order valence-electron chi connectivity index (χ4n) is 3.71. The Bertz CT molecular complexity index is 591. The van der Waals surface area contributed by atoms with Gasteiger partial charge in [0.2, 0.25) is 0 Å². The summed E-state index contributed by atoms with van der Waals surface area (Å²) in [6, 6.07) is 0. The Balaban J connectivity index is 1.45. The molecule has 0 unspecified atom stereocenters. The van der Waals surface area contributed by atoms with Gasteiger partial charge in [0, 0.05) is 38.2 Å². The molecule has 0 aromatic carbocycles. The van der Waals surface area contributed by atoms with Crippen LogP contribution in [-0.2, 0) is 24.1 Å². The molecule has 140 valence electrons. The average Bonchev–Trinajstić information content (AvgIpc) is 2.97. The van der Waals surface area contributed by atoms with E-state index >= 15 is 0 Å². The number of likely N-dealkylation sites (tertiary alicyclic amines) is 1. The zero-order valence-electron chi connectivity index (χ0n) is 15.8. The van der Waals surface area contributed by atoms with E-state index in [1.807, 2.05) is 25.7 Å². The highest BCUT2D eigenvalue weighted by atomic mass is 16.6. The number of ether oxygens (including phenoxy) is 1. The molecule has 6 nitrogen and oxygen atoms in total. The summed E-state index contributed by atoms with van der Waals surface area (Å²) in [6.07, 6.45) is 6.53. The van der Waals surface area contributed by atoms with E-state index in [1.54, 1.807) is 0 Å². The molecule has 2 heterocycles. The number of piperidine rings is 1. The van der Waals surface area contributed by atoms with Crippen LogP contribution in [0.15, 0.2) is 4.52 Å². The maximum atomic E-state index is 12.2. The smallest absolute Gasteiger partial charge is 0.410 e. The molecule has 6 heteroatoms. The largest absolute Gasteiger partial charge is 0.444 e. The predicted molar refractivity (Wildman–Crippen MR) is 95.4 cm³/mol. The number of fused-ring (bicyclic) bond motifs is 1. The second-order valence-corrected chi connectivity index (χ2v) is 8.30. The molecule has 1 amide bonds. The molecule has 2 aliphatic rings. The van der Waals surface area contributed by atoms with E-state index in [4.69, 9.17) is 9.26 Å². The SMILES string of the molecule is CC(C)(C)OC(=O)N1CCC[C@@H](CNCc2noc3c2CCCC3)C1. The fourth-order valence-corrected chi connectivity index (χ4v) is 3.71. The standard InChI is InChI=1S/C19H31N3O3/c1-19(2,3)24-18(23)22-10-6-7-14(13-22)11-20-12-16-15-8-4-5-9-17(15)25-21-16/h14,20H,4-13H2,1-3H3/t14-/m0/s1. The van der Waals surface area contributed by atoms with E-state index in [2.05, 4.69) is 10.5 Å². The van der Waals surface area contributed by atoms with Gasteiger partial charge >= 0.3 is 6.09 Å². The van der Waals surface area contributed by atoms with E-state index in [0.29, 0.717) is 5.92 Å². The predicted octanol–water partition coefficient (Wildman–Crippen LogP) is 3.29. The molecule has 25 heavy (non-hydrogen) atoms. The lowest BCUT2D eigenvalue weighted by molar-refractivity contribution is 0.0166. The summed E-state index contributed by atoms with van der Waals surface area (Å²) in [4.78, 5) is 14.1. The quantitative estimate of drug-likeness (QED) is 0.903. The second-order valence-electron chi connectivity index (χ2n) is 8.30. The minimum Gasteiger partial charge on any atom is -0.444 e. The normalized spacial score (nSPS) is 21.1. The first-order chi connectivity index (χ1) is 11.9.